The third kappa shape index (κ3) is 8.37. The number of nitrogens with one attached hydrogen (secondary N) is 2. The Morgan fingerprint density at radius 3 is 2.63 bits per heavy atom. The largest absolute Gasteiger partial charge is 0.492 e. The van der Waals surface area contributed by atoms with Gasteiger partial charge in [0, 0.05) is 31.1 Å². The van der Waals surface area contributed by atoms with Crippen molar-refractivity contribution >= 4 is 11.8 Å². The van der Waals surface area contributed by atoms with Crippen molar-refractivity contribution in [3.63, 3.8) is 0 Å². The zero-order valence-electron chi connectivity index (χ0n) is 18.6. The van der Waals surface area contributed by atoms with E-state index in [1.54, 1.807) is 11.8 Å². The van der Waals surface area contributed by atoms with Gasteiger partial charge >= 0.3 is 0 Å². The van der Waals surface area contributed by atoms with E-state index in [1.807, 2.05) is 45.3 Å². The second-order valence-corrected chi connectivity index (χ2v) is 8.39. The van der Waals surface area contributed by atoms with Gasteiger partial charge in [0.15, 0.2) is 0 Å². The highest BCUT2D eigenvalue weighted by molar-refractivity contribution is 7.98. The molecule has 0 aromatic heterocycles. The fourth-order valence-electron chi connectivity index (χ4n) is 3.44. The summed E-state index contributed by atoms with van der Waals surface area (Å²) < 4.78 is 5.97. The summed E-state index contributed by atoms with van der Waals surface area (Å²) in [7, 11) is 3.75. The molecule has 0 saturated carbocycles. The zero-order chi connectivity index (χ0) is 21.8. The van der Waals surface area contributed by atoms with Crippen molar-refractivity contribution in [3.05, 3.63) is 59.2 Å². The quantitative estimate of drug-likeness (QED) is 0.663. The maximum atomic E-state index is 9.14. The van der Waals surface area contributed by atoms with Crippen LogP contribution in [0.25, 0.3) is 0 Å². The molecule has 1 fully saturated rings. The lowest BCUT2D eigenvalue weighted by molar-refractivity contribution is 0.159. The van der Waals surface area contributed by atoms with E-state index in [2.05, 4.69) is 46.1 Å². The van der Waals surface area contributed by atoms with E-state index in [9.17, 15) is 0 Å². The van der Waals surface area contributed by atoms with E-state index >= 15 is 0 Å². The van der Waals surface area contributed by atoms with Crippen molar-refractivity contribution in [1.82, 2.24) is 15.5 Å². The molecule has 1 saturated heterocycles. The molecule has 0 spiro atoms. The van der Waals surface area contributed by atoms with E-state index in [4.69, 9.17) is 10.00 Å². The standard InChI is InChI=1S/C22H27N3OS.C2H7N/c1-17-11-18(13-19(12-17)14-23)7-9-25-10-8-24-20(15-25)16-26-21-3-5-22(27-2)6-4-21;1-3-2/h3-6,11-13,20,24H,7-10,15-16H2,1-2H3;3H,1-2H3. The molecule has 2 N–H and O–H groups in total. The maximum absolute atomic E-state index is 9.14. The van der Waals surface area contributed by atoms with Crippen molar-refractivity contribution in [2.45, 2.75) is 24.3 Å². The fraction of sp³-hybridized carbons (Fsp3) is 0.458. The SMILES string of the molecule is CNC.CSc1ccc(OCC2CN(CCc3cc(C)cc(C#N)c3)CCN2)cc1. The van der Waals surface area contributed by atoms with E-state index < -0.39 is 0 Å². The molecule has 6 heteroatoms. The summed E-state index contributed by atoms with van der Waals surface area (Å²) >= 11 is 1.74. The number of nitriles is 1. The van der Waals surface area contributed by atoms with Gasteiger partial charge in [-0.15, -0.1) is 11.8 Å². The van der Waals surface area contributed by atoms with Gasteiger partial charge in [-0.3, -0.25) is 0 Å². The molecule has 1 unspecified atom stereocenters. The van der Waals surface area contributed by atoms with E-state index in [1.165, 1.54) is 10.5 Å². The van der Waals surface area contributed by atoms with Crippen molar-refractivity contribution in [1.29, 1.82) is 5.26 Å². The Morgan fingerprint density at radius 1 is 1.23 bits per heavy atom. The number of rotatable bonds is 7. The first kappa shape index (κ1) is 24.2. The lowest BCUT2D eigenvalue weighted by Gasteiger charge is -2.33. The summed E-state index contributed by atoms with van der Waals surface area (Å²) in [5.74, 6) is 0.926. The lowest BCUT2D eigenvalue weighted by atomic mass is 10.0. The molecule has 0 aliphatic carbocycles. The first-order valence-corrected chi connectivity index (χ1v) is 11.6. The molecular weight excluding hydrogens is 392 g/mol. The molecule has 3 rings (SSSR count). The lowest BCUT2D eigenvalue weighted by Crippen LogP contribution is -2.53. The van der Waals surface area contributed by atoms with Gasteiger partial charge < -0.3 is 20.3 Å². The van der Waals surface area contributed by atoms with Gasteiger partial charge in [-0.05, 0) is 81.2 Å². The molecule has 30 heavy (non-hydrogen) atoms. The average molecular weight is 427 g/mol. The Kier molecular flexibility index (Phi) is 10.7. The molecule has 2 aromatic rings. The summed E-state index contributed by atoms with van der Waals surface area (Å²) in [6.07, 6.45) is 3.05. The van der Waals surface area contributed by atoms with Crippen LogP contribution in [-0.2, 0) is 6.42 Å². The van der Waals surface area contributed by atoms with E-state index in [0.717, 1.165) is 49.5 Å². The van der Waals surface area contributed by atoms with Gasteiger partial charge in [0.1, 0.15) is 12.4 Å². The molecule has 0 bridgehead atoms. The zero-order valence-corrected chi connectivity index (χ0v) is 19.4. The second kappa shape index (κ2) is 13.3. The predicted molar refractivity (Wildman–Crippen MR) is 127 cm³/mol. The van der Waals surface area contributed by atoms with Crippen LogP contribution < -0.4 is 15.4 Å². The highest BCUT2D eigenvalue weighted by Gasteiger charge is 2.19. The highest BCUT2D eigenvalue weighted by Crippen LogP contribution is 2.19. The van der Waals surface area contributed by atoms with Crippen molar-refractivity contribution < 1.29 is 4.74 Å². The molecule has 0 amide bonds. The third-order valence-corrected chi connectivity index (χ3v) is 5.58. The number of nitrogens with zero attached hydrogens (tertiary/aromatic N) is 2. The molecule has 1 aliphatic heterocycles. The number of thioether (sulfide) groups is 1. The van der Waals surface area contributed by atoms with Crippen molar-refractivity contribution in [2.75, 3.05) is 53.1 Å². The first-order chi connectivity index (χ1) is 14.6. The molecule has 5 nitrogen and oxygen atoms in total. The van der Waals surface area contributed by atoms with Gasteiger partial charge in [-0.2, -0.15) is 5.26 Å². The summed E-state index contributed by atoms with van der Waals surface area (Å²) in [4.78, 5) is 3.73. The predicted octanol–water partition coefficient (Wildman–Crippen LogP) is 3.32. The maximum Gasteiger partial charge on any atom is 0.119 e. The summed E-state index contributed by atoms with van der Waals surface area (Å²) in [5, 5.41) is 15.4. The third-order valence-electron chi connectivity index (χ3n) is 4.83. The average Bonchev–Trinajstić information content (AvgIpc) is 2.77. The number of ether oxygens (including phenoxy) is 1. The number of hydrogen-bond donors (Lipinski definition) is 2. The van der Waals surface area contributed by atoms with Gasteiger partial charge in [-0.25, -0.2) is 0 Å². The first-order valence-electron chi connectivity index (χ1n) is 10.4. The molecule has 1 atom stereocenters. The van der Waals surface area contributed by atoms with Crippen molar-refractivity contribution in [3.8, 4) is 11.8 Å². The van der Waals surface area contributed by atoms with Gasteiger partial charge in [0.05, 0.1) is 17.7 Å². The van der Waals surface area contributed by atoms with Crippen LogP contribution in [0.15, 0.2) is 47.4 Å². The van der Waals surface area contributed by atoms with Crippen LogP contribution in [0.2, 0.25) is 0 Å². The number of piperazine rings is 1. The Balaban J connectivity index is 0.00000101. The molecule has 2 aromatic carbocycles. The van der Waals surface area contributed by atoms with Gasteiger partial charge in [0.2, 0.25) is 0 Å². The Hall–Kier alpha value is -2.04. The monoisotopic (exact) mass is 426 g/mol. The summed E-state index contributed by atoms with van der Waals surface area (Å²) in [5.41, 5.74) is 3.15. The van der Waals surface area contributed by atoms with Gasteiger partial charge in [0.25, 0.3) is 0 Å². The van der Waals surface area contributed by atoms with Crippen LogP contribution >= 0.6 is 11.8 Å². The van der Waals surface area contributed by atoms with Crippen LogP contribution in [0.5, 0.6) is 5.75 Å². The highest BCUT2D eigenvalue weighted by atomic mass is 32.2. The Morgan fingerprint density at radius 2 is 1.97 bits per heavy atom. The molecular formula is C24H34N4OS. The minimum atomic E-state index is 0.339. The summed E-state index contributed by atoms with van der Waals surface area (Å²) in [6.45, 7) is 6.76. The minimum Gasteiger partial charge on any atom is -0.492 e. The van der Waals surface area contributed by atoms with E-state index in [-0.39, 0.29) is 0 Å². The second-order valence-electron chi connectivity index (χ2n) is 7.51. The smallest absolute Gasteiger partial charge is 0.119 e. The molecule has 1 heterocycles. The number of benzene rings is 2. The van der Waals surface area contributed by atoms with Gasteiger partial charge in [-0.1, -0.05) is 6.07 Å². The Labute approximate surface area is 185 Å². The molecule has 162 valence electrons. The Bertz CT molecular complexity index is 804. The van der Waals surface area contributed by atoms with Crippen LogP contribution in [0.1, 0.15) is 16.7 Å². The van der Waals surface area contributed by atoms with Crippen LogP contribution in [0, 0.1) is 18.3 Å². The molecule has 0 radical (unpaired) electrons. The molecule has 1 aliphatic rings. The summed E-state index contributed by atoms with van der Waals surface area (Å²) in [6, 6.07) is 17.0. The van der Waals surface area contributed by atoms with Crippen LogP contribution in [0.4, 0.5) is 0 Å². The van der Waals surface area contributed by atoms with Crippen molar-refractivity contribution in [2.24, 2.45) is 0 Å². The van der Waals surface area contributed by atoms with Crippen LogP contribution in [0.3, 0.4) is 0 Å². The number of aryl methyl sites for hydroxylation is 1. The number of hydrogen-bond acceptors (Lipinski definition) is 6. The normalized spacial score (nSPS) is 16.3. The topological polar surface area (TPSA) is 60.3 Å². The van der Waals surface area contributed by atoms with Crippen LogP contribution in [-0.4, -0.2) is 64.1 Å². The fourth-order valence-corrected chi connectivity index (χ4v) is 3.84. The minimum absolute atomic E-state index is 0.339. The van der Waals surface area contributed by atoms with E-state index in [0.29, 0.717) is 12.6 Å².